The topological polar surface area (TPSA) is 67.3 Å². The van der Waals surface area contributed by atoms with E-state index in [0.29, 0.717) is 13.0 Å². The third kappa shape index (κ3) is 4.12. The largest absolute Gasteiger partial charge is 0.335 e. The zero-order chi connectivity index (χ0) is 16.3. The highest BCUT2D eigenvalue weighted by Gasteiger charge is 2.35. The van der Waals surface area contributed by atoms with Crippen molar-refractivity contribution in [2.45, 2.75) is 32.2 Å². The van der Waals surface area contributed by atoms with Crippen molar-refractivity contribution < 1.29 is 13.2 Å². The molecule has 0 bridgehead atoms. The van der Waals surface area contributed by atoms with Gasteiger partial charge in [-0.3, -0.25) is 4.79 Å². The molecule has 1 aliphatic heterocycles. The maximum absolute atomic E-state index is 12.7. The molecule has 5 nitrogen and oxygen atoms in total. The summed E-state index contributed by atoms with van der Waals surface area (Å²) in [7, 11) is -3.06. The lowest BCUT2D eigenvalue weighted by molar-refractivity contribution is 0.0694. The summed E-state index contributed by atoms with van der Waals surface area (Å²) in [4.78, 5) is 18.2. The van der Waals surface area contributed by atoms with Crippen molar-refractivity contribution >= 4 is 38.9 Å². The molecule has 0 spiro atoms. The Morgan fingerprint density at radius 2 is 2.14 bits per heavy atom. The molecule has 1 atom stereocenters. The maximum atomic E-state index is 12.7. The first kappa shape index (κ1) is 17.5. The third-order valence-electron chi connectivity index (χ3n) is 3.71. The highest BCUT2D eigenvalue weighted by molar-refractivity contribution is 7.91. The van der Waals surface area contributed by atoms with Gasteiger partial charge in [-0.1, -0.05) is 36.5 Å². The van der Waals surface area contributed by atoms with Crippen molar-refractivity contribution in [3.63, 3.8) is 0 Å². The number of pyridine rings is 1. The second-order valence-electron chi connectivity index (χ2n) is 5.38. The molecular formula is C14H18Cl2N2O3S. The summed E-state index contributed by atoms with van der Waals surface area (Å²) in [6, 6.07) is 2.74. The van der Waals surface area contributed by atoms with Gasteiger partial charge in [-0.2, -0.15) is 0 Å². The van der Waals surface area contributed by atoms with E-state index in [2.05, 4.69) is 4.98 Å². The zero-order valence-electron chi connectivity index (χ0n) is 12.3. The Hall–Kier alpha value is -0.850. The second-order valence-corrected chi connectivity index (χ2v) is 8.36. The predicted octanol–water partition coefficient (Wildman–Crippen LogP) is 2.82. The Morgan fingerprint density at radius 1 is 1.41 bits per heavy atom. The standard InChI is InChI=1S/C14H18Cl2N2O3S/c1-2-3-7-18(10-6-8-22(20,21)9-10)14(19)11-4-5-12(15)17-13(11)16/h4-5,10H,2-3,6-9H2,1H3. The van der Waals surface area contributed by atoms with Crippen LogP contribution >= 0.6 is 23.2 Å². The lowest BCUT2D eigenvalue weighted by atomic mass is 10.1. The van der Waals surface area contributed by atoms with Gasteiger partial charge >= 0.3 is 0 Å². The fraction of sp³-hybridized carbons (Fsp3) is 0.571. The summed E-state index contributed by atoms with van der Waals surface area (Å²) in [6.45, 7) is 2.53. The van der Waals surface area contributed by atoms with E-state index in [0.717, 1.165) is 12.8 Å². The molecule has 0 N–H and O–H groups in total. The summed E-state index contributed by atoms with van der Waals surface area (Å²) >= 11 is 11.8. The quantitative estimate of drug-likeness (QED) is 0.753. The van der Waals surface area contributed by atoms with Gasteiger partial charge < -0.3 is 4.90 Å². The number of hydrogen-bond donors (Lipinski definition) is 0. The Kier molecular flexibility index (Phi) is 5.69. The predicted molar refractivity (Wildman–Crippen MR) is 87.3 cm³/mol. The van der Waals surface area contributed by atoms with Crippen LogP contribution in [0.15, 0.2) is 12.1 Å². The third-order valence-corrected chi connectivity index (χ3v) is 5.96. The van der Waals surface area contributed by atoms with Crippen LogP contribution in [-0.4, -0.2) is 48.3 Å². The molecule has 1 unspecified atom stereocenters. The number of halogens is 2. The van der Waals surface area contributed by atoms with Crippen molar-refractivity contribution in [2.75, 3.05) is 18.1 Å². The lowest BCUT2D eigenvalue weighted by Crippen LogP contribution is -2.42. The van der Waals surface area contributed by atoms with Gasteiger partial charge in [-0.05, 0) is 25.0 Å². The first-order valence-corrected chi connectivity index (χ1v) is 9.75. The molecule has 1 aromatic heterocycles. The van der Waals surface area contributed by atoms with E-state index in [1.165, 1.54) is 12.1 Å². The minimum Gasteiger partial charge on any atom is -0.335 e. The molecule has 122 valence electrons. The van der Waals surface area contributed by atoms with Crippen molar-refractivity contribution in [1.82, 2.24) is 9.88 Å². The van der Waals surface area contributed by atoms with Crippen molar-refractivity contribution in [3.8, 4) is 0 Å². The molecule has 0 aliphatic carbocycles. The van der Waals surface area contributed by atoms with Gasteiger partial charge in [0.1, 0.15) is 10.3 Å². The molecule has 0 saturated carbocycles. The lowest BCUT2D eigenvalue weighted by Gasteiger charge is -2.28. The van der Waals surface area contributed by atoms with Crippen LogP contribution in [0.2, 0.25) is 10.3 Å². The van der Waals surface area contributed by atoms with Crippen LogP contribution in [0.4, 0.5) is 0 Å². The van der Waals surface area contributed by atoms with Gasteiger partial charge in [-0.15, -0.1) is 0 Å². The number of aromatic nitrogens is 1. The molecule has 0 radical (unpaired) electrons. The average Bonchev–Trinajstić information content (AvgIpc) is 2.79. The maximum Gasteiger partial charge on any atom is 0.257 e. The smallest absolute Gasteiger partial charge is 0.257 e. The van der Waals surface area contributed by atoms with Crippen molar-refractivity contribution in [1.29, 1.82) is 0 Å². The number of nitrogens with zero attached hydrogens (tertiary/aromatic N) is 2. The number of hydrogen-bond acceptors (Lipinski definition) is 4. The van der Waals surface area contributed by atoms with Crippen molar-refractivity contribution in [2.24, 2.45) is 0 Å². The van der Waals surface area contributed by atoms with E-state index in [-0.39, 0.29) is 39.3 Å². The van der Waals surface area contributed by atoms with Crippen LogP contribution in [0.5, 0.6) is 0 Å². The van der Waals surface area contributed by atoms with Gasteiger partial charge in [0.05, 0.1) is 17.1 Å². The molecule has 1 aliphatic rings. The Labute approximate surface area is 140 Å². The van der Waals surface area contributed by atoms with Gasteiger partial charge in [0.15, 0.2) is 9.84 Å². The molecule has 22 heavy (non-hydrogen) atoms. The zero-order valence-corrected chi connectivity index (χ0v) is 14.6. The monoisotopic (exact) mass is 364 g/mol. The second kappa shape index (κ2) is 7.15. The highest BCUT2D eigenvalue weighted by atomic mass is 35.5. The van der Waals surface area contributed by atoms with E-state index >= 15 is 0 Å². The minimum absolute atomic E-state index is 0.0150. The SMILES string of the molecule is CCCCN(C(=O)c1ccc(Cl)nc1Cl)C1CCS(=O)(=O)C1. The first-order chi connectivity index (χ1) is 10.3. The minimum atomic E-state index is -3.06. The number of amides is 1. The van der Waals surface area contributed by atoms with E-state index < -0.39 is 9.84 Å². The molecule has 1 amide bonds. The first-order valence-electron chi connectivity index (χ1n) is 7.17. The fourth-order valence-corrected chi connectivity index (χ4v) is 4.68. The average molecular weight is 365 g/mol. The van der Waals surface area contributed by atoms with Gasteiger partial charge in [-0.25, -0.2) is 13.4 Å². The number of carbonyl (C=O) groups excluding carboxylic acids is 1. The summed E-state index contributed by atoms with van der Waals surface area (Å²) in [6.07, 6.45) is 2.19. The van der Waals surface area contributed by atoms with Gasteiger partial charge in [0, 0.05) is 12.6 Å². The summed E-state index contributed by atoms with van der Waals surface area (Å²) < 4.78 is 23.4. The highest BCUT2D eigenvalue weighted by Crippen LogP contribution is 2.24. The van der Waals surface area contributed by atoms with Gasteiger partial charge in [0.2, 0.25) is 0 Å². The molecule has 0 aromatic carbocycles. The van der Waals surface area contributed by atoms with E-state index in [9.17, 15) is 13.2 Å². The number of unbranched alkanes of at least 4 members (excludes halogenated alkanes) is 1. The van der Waals surface area contributed by atoms with Crippen LogP contribution in [0.25, 0.3) is 0 Å². The molecule has 1 fully saturated rings. The van der Waals surface area contributed by atoms with E-state index in [1.807, 2.05) is 6.92 Å². The Bertz CT molecular complexity index is 664. The number of sulfone groups is 1. The van der Waals surface area contributed by atoms with Crippen LogP contribution in [0.3, 0.4) is 0 Å². The van der Waals surface area contributed by atoms with Crippen LogP contribution in [-0.2, 0) is 9.84 Å². The summed E-state index contributed by atoms with van der Waals surface area (Å²) in [5.41, 5.74) is 0.256. The number of carbonyl (C=O) groups is 1. The Balaban J connectivity index is 2.26. The summed E-state index contributed by atoms with van der Waals surface area (Å²) in [5.74, 6) is -0.147. The molecule has 2 heterocycles. The molecule has 8 heteroatoms. The molecule has 1 aromatic rings. The van der Waals surface area contributed by atoms with Crippen LogP contribution < -0.4 is 0 Å². The molecule has 1 saturated heterocycles. The Morgan fingerprint density at radius 3 is 2.68 bits per heavy atom. The normalized spacial score (nSPS) is 20.0. The van der Waals surface area contributed by atoms with Crippen LogP contribution in [0.1, 0.15) is 36.5 Å². The van der Waals surface area contributed by atoms with Crippen LogP contribution in [0, 0.1) is 0 Å². The number of rotatable bonds is 5. The van der Waals surface area contributed by atoms with Gasteiger partial charge in [0.25, 0.3) is 5.91 Å². The fourth-order valence-electron chi connectivity index (χ4n) is 2.53. The molecule has 2 rings (SSSR count). The van der Waals surface area contributed by atoms with E-state index in [4.69, 9.17) is 23.2 Å². The molecular weight excluding hydrogens is 347 g/mol. The van der Waals surface area contributed by atoms with E-state index in [1.54, 1.807) is 4.90 Å². The van der Waals surface area contributed by atoms with Crippen molar-refractivity contribution in [3.05, 3.63) is 28.0 Å². The summed E-state index contributed by atoms with van der Waals surface area (Å²) in [5, 5.41) is 0.255.